The van der Waals surface area contributed by atoms with Gasteiger partial charge in [-0.2, -0.15) is 0 Å². The van der Waals surface area contributed by atoms with Gasteiger partial charge in [-0.1, -0.05) is 12.1 Å². The first-order chi connectivity index (χ1) is 13.2. The van der Waals surface area contributed by atoms with E-state index in [1.807, 2.05) is 35.0 Å². The molecule has 0 saturated heterocycles. The van der Waals surface area contributed by atoms with Crippen LogP contribution in [0.15, 0.2) is 53.7 Å². The molecule has 1 aromatic heterocycles. The molecule has 2 N–H and O–H groups in total. The van der Waals surface area contributed by atoms with Gasteiger partial charge in [0.1, 0.15) is 17.4 Å². The van der Waals surface area contributed by atoms with Crippen molar-refractivity contribution in [2.75, 3.05) is 19.6 Å². The van der Waals surface area contributed by atoms with Crippen LogP contribution in [0.25, 0.3) is 11.3 Å². The second-order valence-electron chi connectivity index (χ2n) is 6.18. The third-order valence-electron chi connectivity index (χ3n) is 4.49. The van der Waals surface area contributed by atoms with Gasteiger partial charge in [-0.3, -0.25) is 10.4 Å². The summed E-state index contributed by atoms with van der Waals surface area (Å²) in [4.78, 5) is 9.14. The number of nitrogens with zero attached hydrogens (tertiary/aromatic N) is 3. The Labute approximate surface area is 156 Å². The molecule has 1 aliphatic rings. The van der Waals surface area contributed by atoms with Crippen molar-refractivity contribution in [1.82, 2.24) is 9.66 Å². The van der Waals surface area contributed by atoms with E-state index in [9.17, 15) is 5.11 Å². The molecule has 0 spiro atoms. The molecule has 138 valence electrons. The molecule has 0 aliphatic carbocycles. The molecule has 4 rings (SSSR count). The maximum Gasteiger partial charge on any atom is 0.161 e. The number of methoxy groups -OCH3 is 2. The smallest absolute Gasteiger partial charge is 0.161 e. The van der Waals surface area contributed by atoms with E-state index in [4.69, 9.17) is 9.47 Å². The van der Waals surface area contributed by atoms with Crippen LogP contribution in [0.5, 0.6) is 17.2 Å². The highest BCUT2D eigenvalue weighted by atomic mass is 16.5. The number of aromatic nitrogens is 2. The van der Waals surface area contributed by atoms with Crippen molar-refractivity contribution in [3.05, 3.63) is 60.0 Å². The normalized spacial score (nSPS) is 14.1. The average Bonchev–Trinajstić information content (AvgIpc) is 3.27. The number of amidine groups is 1. The Kier molecular flexibility index (Phi) is 4.42. The van der Waals surface area contributed by atoms with Crippen molar-refractivity contribution in [2.45, 2.75) is 13.0 Å². The first-order valence-electron chi connectivity index (χ1n) is 8.55. The maximum absolute atomic E-state index is 9.79. The van der Waals surface area contributed by atoms with E-state index in [1.165, 1.54) is 7.11 Å². The first-order valence-corrected chi connectivity index (χ1v) is 8.55. The van der Waals surface area contributed by atoms with Crippen LogP contribution < -0.4 is 14.9 Å². The van der Waals surface area contributed by atoms with Crippen LogP contribution in [0.3, 0.4) is 0 Å². The Hall–Kier alpha value is -3.48. The van der Waals surface area contributed by atoms with Gasteiger partial charge in [0, 0.05) is 5.56 Å². The summed E-state index contributed by atoms with van der Waals surface area (Å²) in [6.45, 7) is 0.583. The number of rotatable bonds is 5. The molecule has 0 bridgehead atoms. The first kappa shape index (κ1) is 17.0. The lowest BCUT2D eigenvalue weighted by molar-refractivity contribution is 0.373. The van der Waals surface area contributed by atoms with Crippen LogP contribution in [0.2, 0.25) is 0 Å². The molecule has 7 nitrogen and oxygen atoms in total. The number of aliphatic imine (C=N–C) groups is 1. The van der Waals surface area contributed by atoms with Gasteiger partial charge in [-0.15, -0.1) is 0 Å². The standard InChI is InChI=1S/C20H20N4O3/c1-26-15-6-3-13(4-7-15)11-21-19-10-20-22-12-16(24(20)23-19)14-5-8-17(25)18(9-14)27-2/h3-9,12,25H,10-11H2,1-2H3,(H,21,23). The summed E-state index contributed by atoms with van der Waals surface area (Å²) >= 11 is 0. The summed E-state index contributed by atoms with van der Waals surface area (Å²) in [5.74, 6) is 3.12. The van der Waals surface area contributed by atoms with Crippen LogP contribution >= 0.6 is 0 Å². The topological polar surface area (TPSA) is 80.9 Å². The number of benzene rings is 2. The van der Waals surface area contributed by atoms with Crippen molar-refractivity contribution in [2.24, 2.45) is 4.99 Å². The van der Waals surface area contributed by atoms with Gasteiger partial charge in [0.2, 0.25) is 0 Å². The summed E-state index contributed by atoms with van der Waals surface area (Å²) in [5, 5.41) is 9.79. The minimum atomic E-state index is 0.108. The van der Waals surface area contributed by atoms with Crippen LogP contribution in [-0.2, 0) is 13.0 Å². The number of hydrogen-bond donors (Lipinski definition) is 2. The number of nitrogens with one attached hydrogen (secondary N) is 1. The fourth-order valence-corrected chi connectivity index (χ4v) is 3.01. The molecule has 0 fully saturated rings. The van der Waals surface area contributed by atoms with Crippen molar-refractivity contribution in [3.8, 4) is 28.5 Å². The molecule has 7 heteroatoms. The fourth-order valence-electron chi connectivity index (χ4n) is 3.01. The van der Waals surface area contributed by atoms with E-state index in [0.29, 0.717) is 18.7 Å². The molecule has 27 heavy (non-hydrogen) atoms. The second-order valence-corrected chi connectivity index (χ2v) is 6.18. The van der Waals surface area contributed by atoms with E-state index in [-0.39, 0.29) is 5.75 Å². The highest BCUT2D eigenvalue weighted by Crippen LogP contribution is 2.32. The van der Waals surface area contributed by atoms with Crippen LogP contribution in [0.4, 0.5) is 0 Å². The molecule has 0 radical (unpaired) electrons. The molecule has 1 aliphatic heterocycles. The summed E-state index contributed by atoms with van der Waals surface area (Å²) in [5.41, 5.74) is 6.19. The Morgan fingerprint density at radius 1 is 1.15 bits per heavy atom. The highest BCUT2D eigenvalue weighted by molar-refractivity contribution is 5.94. The van der Waals surface area contributed by atoms with Gasteiger partial charge in [0.05, 0.1) is 39.1 Å². The van der Waals surface area contributed by atoms with Gasteiger partial charge in [0.25, 0.3) is 0 Å². The van der Waals surface area contributed by atoms with E-state index in [1.54, 1.807) is 25.4 Å². The van der Waals surface area contributed by atoms with Crippen LogP contribution in [-0.4, -0.2) is 34.8 Å². The molecule has 0 atom stereocenters. The van der Waals surface area contributed by atoms with Crippen molar-refractivity contribution in [3.63, 3.8) is 0 Å². The van der Waals surface area contributed by atoms with Crippen molar-refractivity contribution >= 4 is 5.84 Å². The number of imidazole rings is 1. The lowest BCUT2D eigenvalue weighted by Gasteiger charge is -2.09. The van der Waals surface area contributed by atoms with Gasteiger partial charge < -0.3 is 14.6 Å². The third kappa shape index (κ3) is 3.31. The van der Waals surface area contributed by atoms with Gasteiger partial charge in [-0.05, 0) is 35.9 Å². The van der Waals surface area contributed by atoms with E-state index < -0.39 is 0 Å². The lowest BCUT2D eigenvalue weighted by Crippen LogP contribution is -2.16. The molecule has 0 amide bonds. The van der Waals surface area contributed by atoms with E-state index in [2.05, 4.69) is 15.4 Å². The zero-order valence-electron chi connectivity index (χ0n) is 15.1. The monoisotopic (exact) mass is 364 g/mol. The molecule has 2 aromatic carbocycles. The Morgan fingerprint density at radius 3 is 2.70 bits per heavy atom. The molecular formula is C20H20N4O3. The largest absolute Gasteiger partial charge is 0.504 e. The number of ether oxygens (including phenoxy) is 2. The predicted molar refractivity (Wildman–Crippen MR) is 103 cm³/mol. The van der Waals surface area contributed by atoms with Crippen LogP contribution in [0, 0.1) is 0 Å². The van der Waals surface area contributed by atoms with E-state index in [0.717, 1.165) is 34.2 Å². The zero-order chi connectivity index (χ0) is 18.8. The van der Waals surface area contributed by atoms with E-state index >= 15 is 0 Å². The minimum Gasteiger partial charge on any atom is -0.504 e. The highest BCUT2D eigenvalue weighted by Gasteiger charge is 2.21. The molecule has 0 unspecified atom stereocenters. The summed E-state index contributed by atoms with van der Waals surface area (Å²) in [6.07, 6.45) is 2.44. The Balaban J connectivity index is 1.52. The van der Waals surface area contributed by atoms with Gasteiger partial charge in [-0.25, -0.2) is 9.66 Å². The molecule has 3 aromatic rings. The average molecular weight is 364 g/mol. The van der Waals surface area contributed by atoms with Crippen molar-refractivity contribution < 1.29 is 14.6 Å². The fraction of sp³-hybridized carbons (Fsp3) is 0.200. The number of aromatic hydroxyl groups is 1. The Morgan fingerprint density at radius 2 is 1.96 bits per heavy atom. The molecular weight excluding hydrogens is 344 g/mol. The van der Waals surface area contributed by atoms with Gasteiger partial charge >= 0.3 is 0 Å². The quantitative estimate of drug-likeness (QED) is 0.727. The predicted octanol–water partition coefficient (Wildman–Crippen LogP) is 2.97. The number of hydrogen-bond acceptors (Lipinski definition) is 5. The summed E-state index contributed by atoms with van der Waals surface area (Å²) in [6, 6.07) is 13.1. The molecule has 0 saturated carbocycles. The van der Waals surface area contributed by atoms with Crippen molar-refractivity contribution in [1.29, 1.82) is 0 Å². The SMILES string of the molecule is COc1ccc(CN=C2Cc3ncc(-c4ccc(O)c(OC)c4)n3N2)cc1. The Bertz CT molecular complexity index is 993. The number of phenols is 1. The third-order valence-corrected chi connectivity index (χ3v) is 4.49. The molecule has 2 heterocycles. The maximum atomic E-state index is 9.79. The zero-order valence-corrected chi connectivity index (χ0v) is 15.1. The van der Waals surface area contributed by atoms with Gasteiger partial charge in [0.15, 0.2) is 11.5 Å². The minimum absolute atomic E-state index is 0.108. The lowest BCUT2D eigenvalue weighted by atomic mass is 10.1. The van der Waals surface area contributed by atoms with Crippen LogP contribution in [0.1, 0.15) is 11.4 Å². The summed E-state index contributed by atoms with van der Waals surface area (Å²) in [7, 11) is 3.18. The number of phenolic OH excluding ortho intramolecular Hbond substituents is 1. The number of fused-ring (bicyclic) bond motifs is 1. The summed E-state index contributed by atoms with van der Waals surface area (Å²) < 4.78 is 12.3. The second kappa shape index (κ2) is 7.03.